The normalized spacial score (nSPS) is 10.4. The Bertz CT molecular complexity index is 568. The first-order valence-corrected chi connectivity index (χ1v) is 6.15. The Balaban J connectivity index is 2.16. The van der Waals surface area contributed by atoms with Crippen LogP contribution in [-0.2, 0) is 6.61 Å². The highest BCUT2D eigenvalue weighted by Crippen LogP contribution is 2.25. The first-order valence-electron chi connectivity index (χ1n) is 5.40. The van der Waals surface area contributed by atoms with E-state index in [0.29, 0.717) is 16.3 Å². The molecule has 0 heterocycles. The second-order valence-corrected chi connectivity index (χ2v) is 4.76. The summed E-state index contributed by atoms with van der Waals surface area (Å²) in [4.78, 5) is 0. The predicted molar refractivity (Wildman–Crippen MR) is 71.9 cm³/mol. The van der Waals surface area contributed by atoms with Crippen LogP contribution in [-0.4, -0.2) is 0 Å². The highest BCUT2D eigenvalue weighted by molar-refractivity contribution is 6.31. The van der Waals surface area contributed by atoms with Crippen molar-refractivity contribution in [1.29, 1.82) is 0 Å². The largest absolute Gasteiger partial charge is 0.488 e. The van der Waals surface area contributed by atoms with E-state index >= 15 is 0 Å². The van der Waals surface area contributed by atoms with Crippen molar-refractivity contribution >= 4 is 23.2 Å². The van der Waals surface area contributed by atoms with Crippen LogP contribution in [0.2, 0.25) is 10.0 Å². The lowest BCUT2D eigenvalue weighted by Crippen LogP contribution is -2.00. The standard InChI is InChI=1S/C14H11Cl2FO/c1-9-5-6-11(15)7-13(9)18-8-10-3-2-4-12(16)14(10)17/h2-7H,8H2,1H3. The average Bonchev–Trinajstić information content (AvgIpc) is 2.35. The van der Waals surface area contributed by atoms with E-state index in [1.54, 1.807) is 24.3 Å². The van der Waals surface area contributed by atoms with Gasteiger partial charge in [0.25, 0.3) is 0 Å². The predicted octanol–water partition coefficient (Wildman–Crippen LogP) is 5.02. The molecular weight excluding hydrogens is 274 g/mol. The third kappa shape index (κ3) is 2.95. The van der Waals surface area contributed by atoms with Gasteiger partial charge in [-0.3, -0.25) is 0 Å². The molecule has 18 heavy (non-hydrogen) atoms. The zero-order valence-electron chi connectivity index (χ0n) is 9.71. The molecule has 0 N–H and O–H groups in total. The van der Waals surface area contributed by atoms with Crippen LogP contribution in [0.3, 0.4) is 0 Å². The molecule has 0 bridgehead atoms. The van der Waals surface area contributed by atoms with E-state index in [-0.39, 0.29) is 11.6 Å². The van der Waals surface area contributed by atoms with E-state index in [9.17, 15) is 4.39 Å². The van der Waals surface area contributed by atoms with E-state index < -0.39 is 5.82 Å². The molecule has 2 aromatic carbocycles. The van der Waals surface area contributed by atoms with Crippen LogP contribution in [0.4, 0.5) is 4.39 Å². The molecule has 0 radical (unpaired) electrons. The number of benzene rings is 2. The SMILES string of the molecule is Cc1ccc(Cl)cc1OCc1cccc(Cl)c1F. The topological polar surface area (TPSA) is 9.23 Å². The van der Waals surface area contributed by atoms with Gasteiger partial charge in [0.15, 0.2) is 0 Å². The van der Waals surface area contributed by atoms with E-state index in [1.165, 1.54) is 6.07 Å². The van der Waals surface area contributed by atoms with Gasteiger partial charge in [-0.05, 0) is 30.7 Å². The van der Waals surface area contributed by atoms with Crippen LogP contribution in [0.25, 0.3) is 0 Å². The maximum Gasteiger partial charge on any atom is 0.148 e. The molecule has 0 atom stereocenters. The van der Waals surface area contributed by atoms with Gasteiger partial charge in [0.1, 0.15) is 18.2 Å². The van der Waals surface area contributed by atoms with Gasteiger partial charge >= 0.3 is 0 Å². The van der Waals surface area contributed by atoms with Gasteiger partial charge in [0.2, 0.25) is 0 Å². The Kier molecular flexibility index (Phi) is 4.10. The molecule has 2 aromatic rings. The Hall–Kier alpha value is -1.25. The first-order chi connectivity index (χ1) is 8.58. The van der Waals surface area contributed by atoms with Crippen molar-refractivity contribution in [2.75, 3.05) is 0 Å². The molecule has 0 aliphatic carbocycles. The smallest absolute Gasteiger partial charge is 0.148 e. The van der Waals surface area contributed by atoms with Crippen LogP contribution >= 0.6 is 23.2 Å². The fourth-order valence-electron chi connectivity index (χ4n) is 1.54. The van der Waals surface area contributed by atoms with Crippen molar-refractivity contribution in [3.63, 3.8) is 0 Å². The van der Waals surface area contributed by atoms with Crippen molar-refractivity contribution in [3.05, 3.63) is 63.4 Å². The molecule has 2 rings (SSSR count). The van der Waals surface area contributed by atoms with Gasteiger partial charge in [0.05, 0.1) is 5.02 Å². The van der Waals surface area contributed by atoms with Gasteiger partial charge in [-0.2, -0.15) is 0 Å². The maximum atomic E-state index is 13.6. The summed E-state index contributed by atoms with van der Waals surface area (Å²) in [5.74, 6) is 0.195. The molecule has 0 aliphatic heterocycles. The highest BCUT2D eigenvalue weighted by Gasteiger charge is 2.08. The quantitative estimate of drug-likeness (QED) is 0.769. The first kappa shape index (κ1) is 13.2. The number of halogens is 3. The van der Waals surface area contributed by atoms with Gasteiger partial charge in [-0.1, -0.05) is 41.4 Å². The molecule has 94 valence electrons. The summed E-state index contributed by atoms with van der Waals surface area (Å²) in [6.45, 7) is 2.02. The third-order valence-electron chi connectivity index (χ3n) is 2.56. The molecule has 0 fully saturated rings. The number of aryl methyl sites for hydroxylation is 1. The minimum Gasteiger partial charge on any atom is -0.488 e. The van der Waals surface area contributed by atoms with Crippen molar-refractivity contribution in [1.82, 2.24) is 0 Å². The van der Waals surface area contributed by atoms with Crippen LogP contribution in [0.5, 0.6) is 5.75 Å². The second-order valence-electron chi connectivity index (χ2n) is 3.91. The van der Waals surface area contributed by atoms with Crippen molar-refractivity contribution in [2.45, 2.75) is 13.5 Å². The third-order valence-corrected chi connectivity index (χ3v) is 3.09. The Morgan fingerprint density at radius 3 is 2.72 bits per heavy atom. The zero-order valence-corrected chi connectivity index (χ0v) is 11.2. The van der Waals surface area contributed by atoms with Gasteiger partial charge in [-0.15, -0.1) is 0 Å². The van der Waals surface area contributed by atoms with Crippen molar-refractivity contribution < 1.29 is 9.13 Å². The van der Waals surface area contributed by atoms with Gasteiger partial charge < -0.3 is 4.74 Å². The fraction of sp³-hybridized carbons (Fsp3) is 0.143. The van der Waals surface area contributed by atoms with Gasteiger partial charge in [-0.25, -0.2) is 4.39 Å². The summed E-state index contributed by atoms with van der Waals surface area (Å²) in [7, 11) is 0. The summed E-state index contributed by atoms with van der Waals surface area (Å²) >= 11 is 11.6. The molecule has 0 amide bonds. The van der Waals surface area contributed by atoms with Crippen molar-refractivity contribution in [3.8, 4) is 5.75 Å². The van der Waals surface area contributed by atoms with E-state index in [2.05, 4.69) is 0 Å². The Labute approximate surface area is 115 Å². The number of rotatable bonds is 3. The molecule has 1 nitrogen and oxygen atoms in total. The van der Waals surface area contributed by atoms with Crippen molar-refractivity contribution in [2.24, 2.45) is 0 Å². The van der Waals surface area contributed by atoms with Crippen LogP contribution in [0.15, 0.2) is 36.4 Å². The molecule has 0 saturated heterocycles. The van der Waals surface area contributed by atoms with Crippen LogP contribution in [0.1, 0.15) is 11.1 Å². The van der Waals surface area contributed by atoms with E-state index in [0.717, 1.165) is 5.56 Å². The molecule has 0 unspecified atom stereocenters. The highest BCUT2D eigenvalue weighted by atomic mass is 35.5. The second kappa shape index (κ2) is 5.59. The minimum absolute atomic E-state index is 0.0962. The van der Waals surface area contributed by atoms with E-state index in [4.69, 9.17) is 27.9 Å². The summed E-state index contributed by atoms with van der Waals surface area (Å²) in [6, 6.07) is 10.2. The number of ether oxygens (including phenoxy) is 1. The monoisotopic (exact) mass is 284 g/mol. The zero-order chi connectivity index (χ0) is 13.1. The summed E-state index contributed by atoms with van der Waals surface area (Å²) in [5, 5.41) is 0.682. The lowest BCUT2D eigenvalue weighted by Gasteiger charge is -2.10. The lowest BCUT2D eigenvalue weighted by atomic mass is 10.2. The molecule has 0 saturated carbocycles. The molecular formula is C14H11Cl2FO. The maximum absolute atomic E-state index is 13.6. The van der Waals surface area contributed by atoms with E-state index in [1.807, 2.05) is 13.0 Å². The fourth-order valence-corrected chi connectivity index (χ4v) is 1.90. The lowest BCUT2D eigenvalue weighted by molar-refractivity contribution is 0.298. The summed E-state index contributed by atoms with van der Waals surface area (Å²) < 4.78 is 19.2. The minimum atomic E-state index is -0.446. The Morgan fingerprint density at radius 1 is 1.17 bits per heavy atom. The molecule has 0 aromatic heterocycles. The summed E-state index contributed by atoms with van der Waals surface area (Å²) in [5.41, 5.74) is 1.36. The van der Waals surface area contributed by atoms with Crippen LogP contribution < -0.4 is 4.74 Å². The van der Waals surface area contributed by atoms with Crippen LogP contribution in [0, 0.1) is 12.7 Å². The Morgan fingerprint density at radius 2 is 1.94 bits per heavy atom. The molecule has 0 aliphatic rings. The van der Waals surface area contributed by atoms with Gasteiger partial charge in [0, 0.05) is 10.6 Å². The number of hydrogen-bond acceptors (Lipinski definition) is 1. The summed E-state index contributed by atoms with van der Waals surface area (Å²) in [6.07, 6.45) is 0. The average molecular weight is 285 g/mol. The number of hydrogen-bond donors (Lipinski definition) is 0. The molecule has 0 spiro atoms. The molecule has 4 heteroatoms.